The summed E-state index contributed by atoms with van der Waals surface area (Å²) in [6.45, 7) is 2.39. The Hall–Kier alpha value is -2.37. The highest BCUT2D eigenvalue weighted by Gasteiger charge is 2.34. The molecular weight excluding hydrogens is 374 g/mol. The van der Waals surface area contributed by atoms with Gasteiger partial charge in [-0.1, -0.05) is 29.8 Å². The molecule has 0 aliphatic heterocycles. The van der Waals surface area contributed by atoms with E-state index < -0.39 is 0 Å². The van der Waals surface area contributed by atoms with Crippen molar-refractivity contribution in [3.8, 4) is 0 Å². The number of nitrogens with one attached hydrogen (secondary N) is 1. The van der Waals surface area contributed by atoms with Crippen molar-refractivity contribution < 1.29 is 9.59 Å². The molecule has 2 aromatic rings. The Kier molecular flexibility index (Phi) is 6.37. The average molecular weight is 400 g/mol. The van der Waals surface area contributed by atoms with Crippen LogP contribution in [-0.2, 0) is 4.79 Å². The van der Waals surface area contributed by atoms with Gasteiger partial charge in [0, 0.05) is 42.5 Å². The Labute approximate surface area is 171 Å². The van der Waals surface area contributed by atoms with Gasteiger partial charge >= 0.3 is 0 Å². The topological polar surface area (TPSA) is 52.7 Å². The summed E-state index contributed by atoms with van der Waals surface area (Å²) in [6, 6.07) is 15.2. The van der Waals surface area contributed by atoms with Gasteiger partial charge in [-0.05, 0) is 55.7 Å². The molecule has 0 radical (unpaired) electrons. The number of carbonyl (C=O) groups is 2. The largest absolute Gasteiger partial charge is 0.345 e. The van der Waals surface area contributed by atoms with Gasteiger partial charge in [0.2, 0.25) is 5.91 Å². The van der Waals surface area contributed by atoms with Crippen molar-refractivity contribution in [2.75, 3.05) is 26.0 Å². The van der Waals surface area contributed by atoms with Crippen LogP contribution in [0.25, 0.3) is 0 Å². The summed E-state index contributed by atoms with van der Waals surface area (Å²) >= 11 is 6.36. The number of benzene rings is 2. The van der Waals surface area contributed by atoms with Crippen LogP contribution < -0.4 is 5.32 Å². The first-order chi connectivity index (χ1) is 13.4. The van der Waals surface area contributed by atoms with Crippen LogP contribution in [0.1, 0.15) is 41.7 Å². The van der Waals surface area contributed by atoms with Gasteiger partial charge in [-0.25, -0.2) is 0 Å². The molecule has 1 saturated carbocycles. The first-order valence-corrected chi connectivity index (χ1v) is 9.86. The minimum Gasteiger partial charge on any atom is -0.345 e. The smallest absolute Gasteiger partial charge is 0.253 e. The number of rotatable bonds is 7. The second-order valence-corrected chi connectivity index (χ2v) is 7.83. The molecule has 0 spiro atoms. The third-order valence-electron chi connectivity index (χ3n) is 5.02. The van der Waals surface area contributed by atoms with E-state index in [9.17, 15) is 9.59 Å². The van der Waals surface area contributed by atoms with E-state index in [0.717, 1.165) is 23.4 Å². The Balaban J connectivity index is 1.65. The van der Waals surface area contributed by atoms with Crippen molar-refractivity contribution in [3.05, 3.63) is 64.7 Å². The number of hydrogen-bond donors (Lipinski definition) is 1. The van der Waals surface area contributed by atoms with Gasteiger partial charge in [0.1, 0.15) is 0 Å². The molecule has 3 rings (SSSR count). The van der Waals surface area contributed by atoms with E-state index in [1.165, 1.54) is 4.90 Å². The van der Waals surface area contributed by atoms with Crippen molar-refractivity contribution in [2.45, 2.75) is 31.8 Å². The summed E-state index contributed by atoms with van der Waals surface area (Å²) in [7, 11) is 3.43. The Morgan fingerprint density at radius 3 is 2.32 bits per heavy atom. The molecule has 0 bridgehead atoms. The lowest BCUT2D eigenvalue weighted by molar-refractivity contribution is -0.118. The summed E-state index contributed by atoms with van der Waals surface area (Å²) in [5, 5.41) is 3.66. The molecule has 0 saturated heterocycles. The van der Waals surface area contributed by atoms with Crippen LogP contribution in [0.2, 0.25) is 5.02 Å². The van der Waals surface area contributed by atoms with E-state index in [1.807, 2.05) is 24.3 Å². The fraction of sp³-hybridized carbons (Fsp3) is 0.364. The molecule has 6 heteroatoms. The molecule has 2 amide bonds. The molecule has 0 aromatic heterocycles. The van der Waals surface area contributed by atoms with E-state index in [1.54, 1.807) is 38.4 Å². The zero-order chi connectivity index (χ0) is 20.3. The molecular formula is C22H26ClN3O2. The zero-order valence-corrected chi connectivity index (χ0v) is 17.2. The van der Waals surface area contributed by atoms with Gasteiger partial charge in [0.05, 0.1) is 6.54 Å². The van der Waals surface area contributed by atoms with Crippen molar-refractivity contribution in [1.29, 1.82) is 0 Å². The van der Waals surface area contributed by atoms with Gasteiger partial charge < -0.3 is 10.2 Å². The summed E-state index contributed by atoms with van der Waals surface area (Å²) in [4.78, 5) is 28.3. The highest BCUT2D eigenvalue weighted by molar-refractivity contribution is 6.31. The second-order valence-electron chi connectivity index (χ2n) is 7.43. The number of halogens is 1. The molecule has 0 heterocycles. The zero-order valence-electron chi connectivity index (χ0n) is 16.5. The highest BCUT2D eigenvalue weighted by Crippen LogP contribution is 2.36. The lowest BCUT2D eigenvalue weighted by Gasteiger charge is -2.29. The van der Waals surface area contributed by atoms with E-state index in [4.69, 9.17) is 11.6 Å². The fourth-order valence-electron chi connectivity index (χ4n) is 3.30. The molecule has 5 nitrogen and oxygen atoms in total. The minimum absolute atomic E-state index is 0.0621. The summed E-state index contributed by atoms with van der Waals surface area (Å²) < 4.78 is 0. The number of carbonyl (C=O) groups excluding carboxylic acids is 2. The van der Waals surface area contributed by atoms with Gasteiger partial charge in [-0.3, -0.25) is 14.5 Å². The first kappa shape index (κ1) is 20.4. The van der Waals surface area contributed by atoms with Gasteiger partial charge in [0.25, 0.3) is 5.91 Å². The van der Waals surface area contributed by atoms with Crippen LogP contribution >= 0.6 is 11.6 Å². The third-order valence-corrected chi connectivity index (χ3v) is 5.36. The Morgan fingerprint density at radius 1 is 1.11 bits per heavy atom. The fourth-order valence-corrected chi connectivity index (χ4v) is 3.60. The number of hydrogen-bond acceptors (Lipinski definition) is 3. The lowest BCUT2D eigenvalue weighted by Crippen LogP contribution is -2.37. The molecule has 148 valence electrons. The quantitative estimate of drug-likeness (QED) is 0.758. The van der Waals surface area contributed by atoms with Crippen LogP contribution in [-0.4, -0.2) is 48.3 Å². The molecule has 28 heavy (non-hydrogen) atoms. The van der Waals surface area contributed by atoms with Crippen molar-refractivity contribution in [1.82, 2.24) is 9.80 Å². The molecule has 1 atom stereocenters. The predicted molar refractivity (Wildman–Crippen MR) is 113 cm³/mol. The predicted octanol–water partition coefficient (Wildman–Crippen LogP) is 4.21. The van der Waals surface area contributed by atoms with Crippen molar-refractivity contribution >= 4 is 29.1 Å². The van der Waals surface area contributed by atoms with Gasteiger partial charge in [-0.2, -0.15) is 0 Å². The van der Waals surface area contributed by atoms with E-state index in [0.29, 0.717) is 23.8 Å². The maximum Gasteiger partial charge on any atom is 0.253 e. The molecule has 1 fully saturated rings. The van der Waals surface area contributed by atoms with E-state index in [-0.39, 0.29) is 17.9 Å². The minimum atomic E-state index is -0.0718. The molecule has 1 aliphatic rings. The molecule has 1 aliphatic carbocycles. The summed E-state index contributed by atoms with van der Waals surface area (Å²) in [5.41, 5.74) is 2.31. The second kappa shape index (κ2) is 8.76. The summed E-state index contributed by atoms with van der Waals surface area (Å²) in [5.74, 6) is -0.135. The van der Waals surface area contributed by atoms with E-state index in [2.05, 4.69) is 17.1 Å². The monoisotopic (exact) mass is 399 g/mol. The highest BCUT2D eigenvalue weighted by atomic mass is 35.5. The van der Waals surface area contributed by atoms with Crippen molar-refractivity contribution in [2.24, 2.45) is 0 Å². The Bertz CT molecular complexity index is 847. The summed E-state index contributed by atoms with van der Waals surface area (Å²) in [6.07, 6.45) is 2.20. The lowest BCUT2D eigenvalue weighted by atomic mass is 10.1. The molecule has 1 unspecified atom stereocenters. The average Bonchev–Trinajstić information content (AvgIpc) is 3.51. The maximum absolute atomic E-state index is 12.6. The van der Waals surface area contributed by atoms with E-state index >= 15 is 0 Å². The third kappa shape index (κ3) is 4.91. The van der Waals surface area contributed by atoms with Crippen LogP contribution in [0.3, 0.4) is 0 Å². The molecule has 2 aromatic carbocycles. The SMILES string of the molecule is CC(c1ccccc1Cl)N(CC(=O)Nc1ccc(C(=O)N(C)C)cc1)C1CC1. The standard InChI is InChI=1S/C22H26ClN3O2/c1-15(19-6-4-5-7-20(19)23)26(18-12-13-18)14-21(27)24-17-10-8-16(9-11-17)22(28)25(2)3/h4-11,15,18H,12-14H2,1-3H3,(H,24,27). The van der Waals surface area contributed by atoms with Crippen molar-refractivity contribution in [3.63, 3.8) is 0 Å². The first-order valence-electron chi connectivity index (χ1n) is 9.48. The van der Waals surface area contributed by atoms with Crippen LogP contribution in [0.4, 0.5) is 5.69 Å². The Morgan fingerprint density at radius 2 is 1.75 bits per heavy atom. The normalized spacial score (nSPS) is 14.6. The van der Waals surface area contributed by atoms with Crippen LogP contribution in [0.5, 0.6) is 0 Å². The van der Waals surface area contributed by atoms with Gasteiger partial charge in [0.15, 0.2) is 0 Å². The van der Waals surface area contributed by atoms with Crippen LogP contribution in [0, 0.1) is 0 Å². The maximum atomic E-state index is 12.6. The molecule has 1 N–H and O–H groups in total. The number of anilines is 1. The number of nitrogens with zero attached hydrogens (tertiary/aromatic N) is 2. The van der Waals surface area contributed by atoms with Gasteiger partial charge in [-0.15, -0.1) is 0 Å². The van der Waals surface area contributed by atoms with Crippen LogP contribution in [0.15, 0.2) is 48.5 Å². The number of amides is 2.